The van der Waals surface area contributed by atoms with Gasteiger partial charge in [-0.05, 0) is 43.5 Å². The maximum Gasteiger partial charge on any atom is 0.254 e. The van der Waals surface area contributed by atoms with Crippen molar-refractivity contribution in [2.75, 3.05) is 13.1 Å². The van der Waals surface area contributed by atoms with E-state index in [2.05, 4.69) is 15.7 Å². The van der Waals surface area contributed by atoms with E-state index in [1.165, 1.54) is 12.1 Å². The van der Waals surface area contributed by atoms with Crippen LogP contribution in [0, 0.1) is 12.7 Å². The van der Waals surface area contributed by atoms with Gasteiger partial charge < -0.3 is 9.47 Å². The van der Waals surface area contributed by atoms with Gasteiger partial charge >= 0.3 is 0 Å². The predicted molar refractivity (Wildman–Crippen MR) is 103 cm³/mol. The zero-order valence-corrected chi connectivity index (χ0v) is 15.3. The fourth-order valence-corrected chi connectivity index (χ4v) is 3.71. The van der Waals surface area contributed by atoms with Gasteiger partial charge in [-0.2, -0.15) is 0 Å². The lowest BCUT2D eigenvalue weighted by atomic mass is 10.0. The first kappa shape index (κ1) is 17.5. The summed E-state index contributed by atoms with van der Waals surface area (Å²) in [5.41, 5.74) is 3.28. The molecular weight excluding hydrogens is 341 g/mol. The molecule has 1 aliphatic heterocycles. The van der Waals surface area contributed by atoms with Gasteiger partial charge in [-0.25, -0.2) is 9.37 Å². The summed E-state index contributed by atoms with van der Waals surface area (Å²) in [7, 11) is 0. The fraction of sp³-hybridized carbons (Fsp3) is 0.273. The highest BCUT2D eigenvalue weighted by Gasteiger charge is 2.26. The highest BCUT2D eigenvalue weighted by Crippen LogP contribution is 2.26. The van der Waals surface area contributed by atoms with Crippen molar-refractivity contribution in [3.05, 3.63) is 78.0 Å². The Kier molecular flexibility index (Phi) is 4.75. The molecule has 1 amide bonds. The Balaban J connectivity index is 1.51. The lowest BCUT2D eigenvalue weighted by molar-refractivity contribution is 0.0678. The molecule has 2 heterocycles. The number of halogens is 1. The van der Waals surface area contributed by atoms with Crippen molar-refractivity contribution < 1.29 is 9.18 Å². The normalized spacial score (nSPS) is 17.1. The minimum absolute atomic E-state index is 0.0272. The molecule has 27 heavy (non-hydrogen) atoms. The van der Waals surface area contributed by atoms with Crippen LogP contribution in [0.4, 0.5) is 4.39 Å². The van der Waals surface area contributed by atoms with Crippen LogP contribution in [0.5, 0.6) is 0 Å². The van der Waals surface area contributed by atoms with E-state index in [0.29, 0.717) is 17.7 Å². The average molecular weight is 363 g/mol. The van der Waals surface area contributed by atoms with Gasteiger partial charge in [0.05, 0.1) is 18.1 Å². The number of hydrogen-bond donors (Lipinski definition) is 0. The number of aromatic nitrogens is 2. The first-order valence-electron chi connectivity index (χ1n) is 9.26. The number of piperidine rings is 1. The quantitative estimate of drug-likeness (QED) is 0.688. The Hall–Kier alpha value is -2.95. The van der Waals surface area contributed by atoms with Crippen LogP contribution in [-0.4, -0.2) is 33.4 Å². The van der Waals surface area contributed by atoms with Gasteiger partial charge in [0.2, 0.25) is 0 Å². The van der Waals surface area contributed by atoms with E-state index >= 15 is 0 Å². The van der Waals surface area contributed by atoms with Crippen LogP contribution >= 0.6 is 0 Å². The second-order valence-electron chi connectivity index (χ2n) is 7.08. The molecule has 138 valence electrons. The Labute approximate surface area is 158 Å². The lowest BCUT2D eigenvalue weighted by Gasteiger charge is -2.33. The van der Waals surface area contributed by atoms with Crippen molar-refractivity contribution in [3.8, 4) is 11.3 Å². The zero-order valence-electron chi connectivity index (χ0n) is 15.3. The second-order valence-corrected chi connectivity index (χ2v) is 7.08. The van der Waals surface area contributed by atoms with E-state index < -0.39 is 0 Å². The molecule has 0 spiro atoms. The van der Waals surface area contributed by atoms with Gasteiger partial charge in [0, 0.05) is 30.4 Å². The molecule has 1 atom stereocenters. The highest BCUT2D eigenvalue weighted by molar-refractivity contribution is 5.95. The molecule has 1 aromatic heterocycles. The van der Waals surface area contributed by atoms with Crippen molar-refractivity contribution >= 4 is 5.91 Å². The SMILES string of the molecule is Cc1cc(F)ccc1C(=O)N1CCCC(n2cnc(-c3ccccc3)c2)C1. The summed E-state index contributed by atoms with van der Waals surface area (Å²) < 4.78 is 15.5. The highest BCUT2D eigenvalue weighted by atomic mass is 19.1. The summed E-state index contributed by atoms with van der Waals surface area (Å²) in [6, 6.07) is 14.6. The first-order valence-corrected chi connectivity index (χ1v) is 9.26. The summed E-state index contributed by atoms with van der Waals surface area (Å²) in [4.78, 5) is 19.3. The Morgan fingerprint density at radius 2 is 2.00 bits per heavy atom. The lowest BCUT2D eigenvalue weighted by Crippen LogP contribution is -2.40. The van der Waals surface area contributed by atoms with E-state index in [-0.39, 0.29) is 17.8 Å². The van der Waals surface area contributed by atoms with Gasteiger partial charge in [0.25, 0.3) is 5.91 Å². The van der Waals surface area contributed by atoms with E-state index in [0.717, 1.165) is 30.6 Å². The Bertz CT molecular complexity index is 951. The monoisotopic (exact) mass is 363 g/mol. The van der Waals surface area contributed by atoms with Gasteiger partial charge in [-0.1, -0.05) is 30.3 Å². The molecule has 5 heteroatoms. The van der Waals surface area contributed by atoms with Gasteiger partial charge in [-0.3, -0.25) is 4.79 Å². The molecule has 1 saturated heterocycles. The molecule has 0 radical (unpaired) electrons. The molecule has 3 aromatic rings. The number of carbonyl (C=O) groups excluding carboxylic acids is 1. The van der Waals surface area contributed by atoms with E-state index in [1.54, 1.807) is 13.0 Å². The van der Waals surface area contributed by atoms with Crippen LogP contribution in [0.1, 0.15) is 34.8 Å². The molecule has 4 nitrogen and oxygen atoms in total. The molecule has 0 bridgehead atoms. The topological polar surface area (TPSA) is 38.1 Å². The Morgan fingerprint density at radius 3 is 2.78 bits per heavy atom. The minimum atomic E-state index is -0.313. The molecular formula is C22H22FN3O. The number of aryl methyl sites for hydroxylation is 1. The number of imidazole rings is 1. The molecule has 2 aromatic carbocycles. The van der Waals surface area contributed by atoms with E-state index in [1.807, 2.05) is 41.6 Å². The summed E-state index contributed by atoms with van der Waals surface area (Å²) in [6.45, 7) is 3.15. The van der Waals surface area contributed by atoms with Crippen molar-refractivity contribution in [2.24, 2.45) is 0 Å². The fourth-order valence-electron chi connectivity index (χ4n) is 3.71. The summed E-state index contributed by atoms with van der Waals surface area (Å²) in [5.74, 6) is -0.340. The molecule has 0 N–H and O–H groups in total. The van der Waals surface area contributed by atoms with Crippen molar-refractivity contribution in [1.29, 1.82) is 0 Å². The molecule has 0 saturated carbocycles. The number of nitrogens with zero attached hydrogens (tertiary/aromatic N) is 3. The second kappa shape index (κ2) is 7.35. The van der Waals surface area contributed by atoms with Crippen LogP contribution in [0.25, 0.3) is 11.3 Å². The number of amides is 1. The van der Waals surface area contributed by atoms with Crippen molar-refractivity contribution in [1.82, 2.24) is 14.5 Å². The summed E-state index contributed by atoms with van der Waals surface area (Å²) >= 11 is 0. The van der Waals surface area contributed by atoms with Crippen LogP contribution < -0.4 is 0 Å². The van der Waals surface area contributed by atoms with Crippen LogP contribution in [0.3, 0.4) is 0 Å². The third-order valence-corrected chi connectivity index (χ3v) is 5.20. The first-order chi connectivity index (χ1) is 13.1. The largest absolute Gasteiger partial charge is 0.337 e. The Morgan fingerprint density at radius 1 is 1.19 bits per heavy atom. The number of hydrogen-bond acceptors (Lipinski definition) is 2. The number of likely N-dealkylation sites (tertiary alicyclic amines) is 1. The average Bonchev–Trinajstić information content (AvgIpc) is 3.19. The van der Waals surface area contributed by atoms with Crippen LogP contribution in [-0.2, 0) is 0 Å². The predicted octanol–water partition coefficient (Wildman–Crippen LogP) is 4.47. The molecule has 1 fully saturated rings. The van der Waals surface area contributed by atoms with Crippen LogP contribution in [0.15, 0.2) is 61.1 Å². The maximum absolute atomic E-state index is 13.3. The zero-order chi connectivity index (χ0) is 18.8. The number of rotatable bonds is 3. The third-order valence-electron chi connectivity index (χ3n) is 5.20. The van der Waals surface area contributed by atoms with Gasteiger partial charge in [0.1, 0.15) is 5.82 Å². The molecule has 0 aliphatic carbocycles. The van der Waals surface area contributed by atoms with Gasteiger partial charge in [0.15, 0.2) is 0 Å². The minimum Gasteiger partial charge on any atom is -0.337 e. The van der Waals surface area contributed by atoms with Gasteiger partial charge in [-0.15, -0.1) is 0 Å². The third kappa shape index (κ3) is 3.63. The van der Waals surface area contributed by atoms with E-state index in [9.17, 15) is 9.18 Å². The molecule has 1 unspecified atom stereocenters. The number of carbonyl (C=O) groups is 1. The standard InChI is InChI=1S/C22H22FN3O/c1-16-12-18(23)9-10-20(16)22(27)25-11-5-8-19(13-25)26-14-21(24-15-26)17-6-3-2-4-7-17/h2-4,6-7,9-10,12,14-15,19H,5,8,11,13H2,1H3. The van der Waals surface area contributed by atoms with E-state index in [4.69, 9.17) is 0 Å². The van der Waals surface area contributed by atoms with Crippen molar-refractivity contribution in [2.45, 2.75) is 25.8 Å². The molecule has 1 aliphatic rings. The van der Waals surface area contributed by atoms with Crippen LogP contribution in [0.2, 0.25) is 0 Å². The smallest absolute Gasteiger partial charge is 0.254 e. The maximum atomic E-state index is 13.3. The summed E-state index contributed by atoms with van der Waals surface area (Å²) in [5, 5.41) is 0. The summed E-state index contributed by atoms with van der Waals surface area (Å²) in [6.07, 6.45) is 5.85. The van der Waals surface area contributed by atoms with Crippen molar-refractivity contribution in [3.63, 3.8) is 0 Å². The molecule has 4 rings (SSSR count). The number of benzene rings is 2.